The van der Waals surface area contributed by atoms with Crippen molar-refractivity contribution in [2.24, 2.45) is 0 Å². The molecule has 4 amide bonds. The summed E-state index contributed by atoms with van der Waals surface area (Å²) < 4.78 is 5.10. The summed E-state index contributed by atoms with van der Waals surface area (Å²) in [6, 6.07) is 9.29. The van der Waals surface area contributed by atoms with Crippen molar-refractivity contribution >= 4 is 46.1 Å². The zero-order valence-electron chi connectivity index (χ0n) is 17.5. The molecular formula is C22H24N4O5S. The predicted molar refractivity (Wildman–Crippen MR) is 120 cm³/mol. The van der Waals surface area contributed by atoms with Crippen molar-refractivity contribution in [1.29, 1.82) is 0 Å². The van der Waals surface area contributed by atoms with Gasteiger partial charge in [-0.05, 0) is 29.5 Å². The highest BCUT2D eigenvalue weighted by atomic mass is 32.1. The minimum Gasteiger partial charge on any atom is -0.454 e. The zero-order chi connectivity index (χ0) is 22.9. The van der Waals surface area contributed by atoms with E-state index in [9.17, 15) is 19.2 Å². The van der Waals surface area contributed by atoms with Crippen LogP contribution in [0.15, 0.2) is 48.0 Å². The maximum Gasteiger partial charge on any atom is 0.329 e. The third-order valence-corrected chi connectivity index (χ3v) is 5.44. The van der Waals surface area contributed by atoms with Gasteiger partial charge in [-0.2, -0.15) is 0 Å². The SMILES string of the molecule is CCCNC(=O)NC(=O)COC(=O)[C@H](Cc1c[nH]c2ccccc12)NC(=O)c1cccs1. The van der Waals surface area contributed by atoms with Gasteiger partial charge in [0.2, 0.25) is 0 Å². The number of hydrogen-bond donors (Lipinski definition) is 4. The lowest BCUT2D eigenvalue weighted by Crippen LogP contribution is -2.45. The Hall–Kier alpha value is -3.66. The summed E-state index contributed by atoms with van der Waals surface area (Å²) >= 11 is 1.25. The molecule has 0 radical (unpaired) electrons. The first kappa shape index (κ1) is 23.0. The first-order valence-electron chi connectivity index (χ1n) is 10.1. The molecule has 0 bridgehead atoms. The Morgan fingerprint density at radius 2 is 1.94 bits per heavy atom. The Balaban J connectivity index is 1.67. The maximum atomic E-state index is 12.7. The molecule has 4 N–H and O–H groups in total. The molecule has 0 aliphatic heterocycles. The minimum atomic E-state index is -1.02. The molecule has 2 heterocycles. The Kier molecular flexibility index (Phi) is 7.98. The molecule has 10 heteroatoms. The van der Waals surface area contributed by atoms with Crippen molar-refractivity contribution in [3.63, 3.8) is 0 Å². The molecule has 0 aliphatic carbocycles. The summed E-state index contributed by atoms with van der Waals surface area (Å²) in [4.78, 5) is 52.3. The van der Waals surface area contributed by atoms with E-state index in [2.05, 4.69) is 20.9 Å². The first-order chi connectivity index (χ1) is 15.5. The van der Waals surface area contributed by atoms with E-state index < -0.39 is 36.5 Å². The zero-order valence-corrected chi connectivity index (χ0v) is 18.3. The fraction of sp³-hybridized carbons (Fsp3) is 0.273. The molecule has 0 saturated carbocycles. The minimum absolute atomic E-state index is 0.165. The van der Waals surface area contributed by atoms with Crippen LogP contribution >= 0.6 is 11.3 Å². The van der Waals surface area contributed by atoms with Gasteiger partial charge >= 0.3 is 12.0 Å². The number of amides is 4. The number of benzene rings is 1. The first-order valence-corrected chi connectivity index (χ1v) is 11.0. The largest absolute Gasteiger partial charge is 0.454 e. The third kappa shape index (κ3) is 6.17. The lowest BCUT2D eigenvalue weighted by atomic mass is 10.0. The fourth-order valence-electron chi connectivity index (χ4n) is 3.03. The summed E-state index contributed by atoms with van der Waals surface area (Å²) in [6.45, 7) is 1.65. The van der Waals surface area contributed by atoms with E-state index in [1.807, 2.05) is 31.2 Å². The Morgan fingerprint density at radius 1 is 1.12 bits per heavy atom. The lowest BCUT2D eigenvalue weighted by Gasteiger charge is -2.17. The number of H-pyrrole nitrogens is 1. The average molecular weight is 457 g/mol. The van der Waals surface area contributed by atoms with Crippen LogP contribution in [0.2, 0.25) is 0 Å². The number of thiophene rings is 1. The van der Waals surface area contributed by atoms with Crippen LogP contribution in [-0.2, 0) is 20.7 Å². The second-order valence-electron chi connectivity index (χ2n) is 6.98. The van der Waals surface area contributed by atoms with Crippen molar-refractivity contribution in [2.75, 3.05) is 13.2 Å². The van der Waals surface area contributed by atoms with E-state index in [-0.39, 0.29) is 6.42 Å². The van der Waals surface area contributed by atoms with Gasteiger partial charge < -0.3 is 20.4 Å². The molecule has 0 saturated heterocycles. The predicted octanol–water partition coefficient (Wildman–Crippen LogP) is 2.35. The van der Waals surface area contributed by atoms with Gasteiger partial charge in [-0.25, -0.2) is 9.59 Å². The van der Waals surface area contributed by atoms with Crippen molar-refractivity contribution in [3.8, 4) is 0 Å². The van der Waals surface area contributed by atoms with Gasteiger partial charge in [0.15, 0.2) is 6.61 Å². The van der Waals surface area contributed by atoms with E-state index >= 15 is 0 Å². The van der Waals surface area contributed by atoms with Gasteiger partial charge in [-0.3, -0.25) is 14.9 Å². The Labute approximate surface area is 188 Å². The van der Waals surface area contributed by atoms with E-state index in [1.165, 1.54) is 11.3 Å². The number of urea groups is 1. The number of ether oxygens (including phenoxy) is 1. The van der Waals surface area contributed by atoms with E-state index in [0.29, 0.717) is 11.4 Å². The second-order valence-corrected chi connectivity index (χ2v) is 7.93. The monoisotopic (exact) mass is 456 g/mol. The number of carbonyl (C=O) groups excluding carboxylic acids is 4. The van der Waals surface area contributed by atoms with Gasteiger partial charge in [-0.15, -0.1) is 11.3 Å². The molecule has 1 atom stereocenters. The highest BCUT2D eigenvalue weighted by Crippen LogP contribution is 2.20. The number of carbonyl (C=O) groups is 4. The smallest absolute Gasteiger partial charge is 0.329 e. The average Bonchev–Trinajstić information content (AvgIpc) is 3.46. The van der Waals surface area contributed by atoms with Crippen LogP contribution < -0.4 is 16.0 Å². The lowest BCUT2D eigenvalue weighted by molar-refractivity contribution is -0.150. The molecule has 9 nitrogen and oxygen atoms in total. The summed E-state index contributed by atoms with van der Waals surface area (Å²) in [6.07, 6.45) is 2.65. The van der Waals surface area contributed by atoms with Crippen molar-refractivity contribution in [2.45, 2.75) is 25.8 Å². The molecule has 0 unspecified atom stereocenters. The van der Waals surface area contributed by atoms with Gasteiger partial charge in [0.1, 0.15) is 6.04 Å². The Morgan fingerprint density at radius 3 is 2.69 bits per heavy atom. The number of fused-ring (bicyclic) bond motifs is 1. The van der Waals surface area contributed by atoms with Crippen LogP contribution in [0.25, 0.3) is 10.9 Å². The molecule has 1 aromatic carbocycles. The van der Waals surface area contributed by atoms with Crippen LogP contribution in [0.1, 0.15) is 28.6 Å². The summed E-state index contributed by atoms with van der Waals surface area (Å²) in [5.74, 6) is -1.95. The molecule has 3 rings (SSSR count). The molecule has 168 valence electrons. The summed E-state index contributed by atoms with van der Waals surface area (Å²) in [5, 5.41) is 9.94. The van der Waals surface area contributed by atoms with E-state index in [4.69, 9.17) is 4.74 Å². The number of hydrogen-bond acceptors (Lipinski definition) is 6. The number of aromatic amines is 1. The quantitative estimate of drug-likeness (QED) is 0.367. The summed E-state index contributed by atoms with van der Waals surface area (Å²) in [5.41, 5.74) is 1.72. The molecule has 0 aliphatic rings. The Bertz CT molecular complexity index is 1090. The number of rotatable bonds is 9. The van der Waals surface area contributed by atoms with E-state index in [0.717, 1.165) is 22.9 Å². The van der Waals surface area contributed by atoms with Crippen molar-refractivity contribution in [1.82, 2.24) is 20.9 Å². The maximum absolute atomic E-state index is 12.7. The number of nitrogens with one attached hydrogen (secondary N) is 4. The third-order valence-electron chi connectivity index (χ3n) is 4.57. The standard InChI is InChI=1S/C22H24N4O5S/c1-2-9-23-22(30)26-19(27)13-31-21(29)17(25-20(28)18-8-5-10-32-18)11-14-12-24-16-7-4-3-6-15(14)16/h3-8,10,12,17,24H,2,9,11,13H2,1H3,(H,25,28)(H2,23,26,27,30)/t17-/m0/s1. The molecule has 3 aromatic rings. The van der Waals surface area contributed by atoms with Gasteiger partial charge in [0, 0.05) is 30.1 Å². The summed E-state index contributed by atoms with van der Waals surface area (Å²) in [7, 11) is 0. The molecule has 0 spiro atoms. The van der Waals surface area contributed by atoms with Gasteiger partial charge in [0.25, 0.3) is 11.8 Å². The molecule has 32 heavy (non-hydrogen) atoms. The topological polar surface area (TPSA) is 129 Å². The van der Waals surface area contributed by atoms with Gasteiger partial charge in [0.05, 0.1) is 4.88 Å². The van der Waals surface area contributed by atoms with Crippen molar-refractivity contribution < 1.29 is 23.9 Å². The second kappa shape index (κ2) is 11.1. The van der Waals surface area contributed by atoms with Crippen LogP contribution in [-0.4, -0.2) is 48.0 Å². The highest BCUT2D eigenvalue weighted by molar-refractivity contribution is 7.12. The number of para-hydroxylation sites is 1. The number of esters is 1. The fourth-order valence-corrected chi connectivity index (χ4v) is 3.66. The normalized spacial score (nSPS) is 11.5. The number of imide groups is 1. The van der Waals surface area contributed by atoms with Gasteiger partial charge in [-0.1, -0.05) is 31.2 Å². The molecule has 0 fully saturated rings. The molecular weight excluding hydrogens is 432 g/mol. The van der Waals surface area contributed by atoms with Crippen LogP contribution in [0.4, 0.5) is 4.79 Å². The van der Waals surface area contributed by atoms with E-state index in [1.54, 1.807) is 23.7 Å². The molecule has 2 aromatic heterocycles. The highest BCUT2D eigenvalue weighted by Gasteiger charge is 2.26. The van der Waals surface area contributed by atoms with Crippen molar-refractivity contribution in [3.05, 3.63) is 58.4 Å². The number of aromatic nitrogens is 1. The van der Waals surface area contributed by atoms with Crippen LogP contribution in [0, 0.1) is 0 Å². The van der Waals surface area contributed by atoms with Crippen LogP contribution in [0.5, 0.6) is 0 Å². The van der Waals surface area contributed by atoms with Crippen LogP contribution in [0.3, 0.4) is 0 Å².